The topological polar surface area (TPSA) is 66.5 Å². The lowest BCUT2D eigenvalue weighted by Crippen LogP contribution is -2.29. The van der Waals surface area contributed by atoms with Crippen molar-refractivity contribution in [3.63, 3.8) is 0 Å². The van der Waals surface area contributed by atoms with E-state index in [-0.39, 0.29) is 22.7 Å². The Kier molecular flexibility index (Phi) is 5.21. The van der Waals surface area contributed by atoms with Crippen molar-refractivity contribution in [2.45, 2.75) is 11.3 Å². The Hall–Kier alpha value is -2.97. The van der Waals surface area contributed by atoms with Crippen molar-refractivity contribution in [3.05, 3.63) is 88.4 Å². The summed E-state index contributed by atoms with van der Waals surface area (Å²) in [6, 6.07) is 13.3. The lowest BCUT2D eigenvalue weighted by Gasteiger charge is -2.19. The number of anilines is 2. The summed E-state index contributed by atoms with van der Waals surface area (Å²) in [5.41, 5.74) is 1.26. The molecule has 154 valence electrons. The van der Waals surface area contributed by atoms with Gasteiger partial charge in [-0.1, -0.05) is 11.6 Å². The molecular formula is C21H15ClF2N2O3S. The number of fused-ring (bicyclic) bond motifs is 1. The zero-order chi connectivity index (χ0) is 21.5. The van der Waals surface area contributed by atoms with Crippen LogP contribution in [-0.2, 0) is 16.4 Å². The average Bonchev–Trinajstić information content (AvgIpc) is 3.14. The van der Waals surface area contributed by atoms with Gasteiger partial charge in [0.1, 0.15) is 11.6 Å². The number of halogens is 3. The van der Waals surface area contributed by atoms with Crippen LogP contribution in [0, 0.1) is 11.6 Å². The Morgan fingerprint density at radius 1 is 1.00 bits per heavy atom. The molecular weight excluding hydrogens is 434 g/mol. The minimum absolute atomic E-state index is 0.119. The van der Waals surface area contributed by atoms with Crippen LogP contribution < -0.4 is 9.62 Å². The van der Waals surface area contributed by atoms with E-state index in [1.807, 2.05) is 0 Å². The van der Waals surface area contributed by atoms with E-state index in [1.54, 1.807) is 12.1 Å². The van der Waals surface area contributed by atoms with Crippen LogP contribution in [0.3, 0.4) is 0 Å². The van der Waals surface area contributed by atoms with Crippen LogP contribution in [0.15, 0.2) is 65.6 Å². The highest BCUT2D eigenvalue weighted by atomic mass is 35.5. The molecule has 3 aromatic rings. The molecule has 1 aliphatic heterocycles. The van der Waals surface area contributed by atoms with Gasteiger partial charge in [-0.15, -0.1) is 0 Å². The molecule has 0 unspecified atom stereocenters. The van der Waals surface area contributed by atoms with Gasteiger partial charge in [-0.25, -0.2) is 17.2 Å². The summed E-state index contributed by atoms with van der Waals surface area (Å²) in [6.07, 6.45) is 0.425. The molecule has 0 radical (unpaired) electrons. The van der Waals surface area contributed by atoms with E-state index < -0.39 is 27.6 Å². The van der Waals surface area contributed by atoms with Gasteiger partial charge in [0.25, 0.3) is 15.9 Å². The van der Waals surface area contributed by atoms with Gasteiger partial charge in [0.15, 0.2) is 0 Å². The smallest absolute Gasteiger partial charge is 0.264 e. The monoisotopic (exact) mass is 448 g/mol. The number of hydrogen-bond donors (Lipinski definition) is 1. The second kappa shape index (κ2) is 7.70. The van der Waals surface area contributed by atoms with E-state index in [4.69, 9.17) is 11.6 Å². The predicted octanol–water partition coefficient (Wildman–Crippen LogP) is 4.62. The third-order valence-electron chi connectivity index (χ3n) is 4.78. The highest BCUT2D eigenvalue weighted by molar-refractivity contribution is 7.92. The van der Waals surface area contributed by atoms with Crippen LogP contribution in [0.2, 0.25) is 5.02 Å². The quantitative estimate of drug-likeness (QED) is 0.633. The maximum atomic E-state index is 13.8. The SMILES string of the molecule is O=C(Nc1ccc(F)cc1F)c1ccc2c(c1)CCN2S(=O)(=O)c1ccc(Cl)cc1. The molecule has 0 atom stereocenters. The van der Waals surface area contributed by atoms with Gasteiger partial charge in [0.2, 0.25) is 0 Å². The minimum Gasteiger partial charge on any atom is -0.319 e. The Morgan fingerprint density at radius 2 is 1.73 bits per heavy atom. The van der Waals surface area contributed by atoms with Crippen molar-refractivity contribution < 1.29 is 22.0 Å². The standard InChI is InChI=1S/C21H15ClF2N2O3S/c22-15-2-5-17(6-3-15)30(28,29)26-10-9-13-11-14(1-8-20(13)26)21(27)25-19-7-4-16(23)12-18(19)24/h1-8,11-12H,9-10H2,(H,25,27). The van der Waals surface area contributed by atoms with Crippen molar-refractivity contribution in [2.24, 2.45) is 0 Å². The fourth-order valence-electron chi connectivity index (χ4n) is 3.28. The molecule has 1 aliphatic rings. The first-order valence-electron chi connectivity index (χ1n) is 8.93. The summed E-state index contributed by atoms with van der Waals surface area (Å²) in [6.45, 7) is 0.234. The highest BCUT2D eigenvalue weighted by Crippen LogP contribution is 2.34. The molecule has 0 bridgehead atoms. The first-order chi connectivity index (χ1) is 14.3. The molecule has 0 aliphatic carbocycles. The largest absolute Gasteiger partial charge is 0.319 e. The molecule has 9 heteroatoms. The predicted molar refractivity (Wildman–Crippen MR) is 110 cm³/mol. The van der Waals surface area contributed by atoms with E-state index in [2.05, 4.69) is 5.32 Å². The molecule has 0 spiro atoms. The summed E-state index contributed by atoms with van der Waals surface area (Å²) in [5, 5.41) is 2.83. The van der Waals surface area contributed by atoms with Crippen LogP contribution in [0.5, 0.6) is 0 Å². The van der Waals surface area contributed by atoms with Crippen LogP contribution in [0.4, 0.5) is 20.2 Å². The van der Waals surface area contributed by atoms with E-state index >= 15 is 0 Å². The van der Waals surface area contributed by atoms with Crippen molar-refractivity contribution in [3.8, 4) is 0 Å². The van der Waals surface area contributed by atoms with Gasteiger partial charge in [0.05, 0.1) is 16.3 Å². The Bertz CT molecular complexity index is 1250. The number of nitrogens with zero attached hydrogens (tertiary/aromatic N) is 1. The zero-order valence-electron chi connectivity index (χ0n) is 15.4. The third-order valence-corrected chi connectivity index (χ3v) is 6.85. The van der Waals surface area contributed by atoms with Gasteiger partial charge in [-0.3, -0.25) is 9.10 Å². The molecule has 0 fully saturated rings. The van der Waals surface area contributed by atoms with E-state index in [0.717, 1.165) is 12.1 Å². The number of benzene rings is 3. The van der Waals surface area contributed by atoms with Crippen LogP contribution >= 0.6 is 11.6 Å². The molecule has 1 amide bonds. The van der Waals surface area contributed by atoms with Gasteiger partial charge in [-0.2, -0.15) is 0 Å². The molecule has 0 saturated carbocycles. The van der Waals surface area contributed by atoms with Crippen molar-refractivity contribution in [2.75, 3.05) is 16.2 Å². The summed E-state index contributed by atoms with van der Waals surface area (Å²) in [7, 11) is -3.77. The van der Waals surface area contributed by atoms with Crippen molar-refractivity contribution in [1.82, 2.24) is 0 Å². The van der Waals surface area contributed by atoms with E-state index in [9.17, 15) is 22.0 Å². The number of hydrogen-bond acceptors (Lipinski definition) is 3. The lowest BCUT2D eigenvalue weighted by molar-refractivity contribution is 0.102. The van der Waals surface area contributed by atoms with Crippen LogP contribution in [0.25, 0.3) is 0 Å². The number of carbonyl (C=O) groups excluding carboxylic acids is 1. The van der Waals surface area contributed by atoms with Crippen molar-refractivity contribution in [1.29, 1.82) is 0 Å². The third kappa shape index (κ3) is 3.76. The number of sulfonamides is 1. The van der Waals surface area contributed by atoms with Crippen molar-refractivity contribution >= 4 is 38.9 Å². The first kappa shape index (κ1) is 20.3. The number of rotatable bonds is 4. The fraction of sp³-hybridized carbons (Fsp3) is 0.0952. The maximum Gasteiger partial charge on any atom is 0.264 e. The zero-order valence-corrected chi connectivity index (χ0v) is 17.0. The van der Waals surface area contributed by atoms with Crippen LogP contribution in [0.1, 0.15) is 15.9 Å². The molecule has 3 aromatic carbocycles. The number of carbonyl (C=O) groups is 1. The Morgan fingerprint density at radius 3 is 2.43 bits per heavy atom. The van der Waals surface area contributed by atoms with Gasteiger partial charge in [-0.05, 0) is 66.6 Å². The fourth-order valence-corrected chi connectivity index (χ4v) is 4.91. The summed E-state index contributed by atoms with van der Waals surface area (Å²) >= 11 is 5.84. The normalized spacial score (nSPS) is 13.2. The highest BCUT2D eigenvalue weighted by Gasteiger charge is 2.31. The van der Waals surface area contributed by atoms with E-state index in [0.29, 0.717) is 28.8 Å². The summed E-state index contributed by atoms with van der Waals surface area (Å²) in [5.74, 6) is -2.21. The first-order valence-corrected chi connectivity index (χ1v) is 10.7. The molecule has 1 N–H and O–H groups in total. The summed E-state index contributed by atoms with van der Waals surface area (Å²) in [4.78, 5) is 12.6. The molecule has 4 rings (SSSR count). The van der Waals surface area contributed by atoms with E-state index in [1.165, 1.54) is 34.6 Å². The number of amides is 1. The van der Waals surface area contributed by atoms with Crippen LogP contribution in [-0.4, -0.2) is 20.9 Å². The van der Waals surface area contributed by atoms with Gasteiger partial charge in [0, 0.05) is 23.2 Å². The number of nitrogens with one attached hydrogen (secondary N) is 1. The Balaban J connectivity index is 1.59. The average molecular weight is 449 g/mol. The van der Waals surface area contributed by atoms with Gasteiger partial charge >= 0.3 is 0 Å². The second-order valence-electron chi connectivity index (χ2n) is 6.70. The minimum atomic E-state index is -3.77. The molecule has 0 aromatic heterocycles. The Labute approximate surface area is 177 Å². The molecule has 0 saturated heterocycles. The second-order valence-corrected chi connectivity index (χ2v) is 9.00. The summed E-state index contributed by atoms with van der Waals surface area (Å²) < 4.78 is 54.0. The maximum absolute atomic E-state index is 13.8. The molecule has 5 nitrogen and oxygen atoms in total. The molecule has 1 heterocycles. The molecule has 30 heavy (non-hydrogen) atoms. The van der Waals surface area contributed by atoms with Gasteiger partial charge < -0.3 is 5.32 Å². The lowest BCUT2D eigenvalue weighted by atomic mass is 10.1.